The number of rotatable bonds is 4. The number of nitrogens with one attached hydrogen (secondary N) is 1. The molecule has 2 amide bonds. The summed E-state index contributed by atoms with van der Waals surface area (Å²) < 4.78 is 0. The molecular weight excluding hydrogens is 304 g/mol. The lowest BCUT2D eigenvalue weighted by Crippen LogP contribution is -2.58. The van der Waals surface area contributed by atoms with Gasteiger partial charge < -0.3 is 11.1 Å². The fraction of sp³-hybridized carbons (Fsp3) is 0.842. The van der Waals surface area contributed by atoms with Gasteiger partial charge in [0.1, 0.15) is 11.8 Å². The van der Waals surface area contributed by atoms with Crippen molar-refractivity contribution < 1.29 is 14.4 Å². The van der Waals surface area contributed by atoms with Crippen molar-refractivity contribution in [2.75, 3.05) is 0 Å². The highest BCUT2D eigenvalue weighted by atomic mass is 16.2. The number of carbonyl (C=O) groups is 3. The molecule has 0 saturated heterocycles. The van der Waals surface area contributed by atoms with E-state index in [1.165, 1.54) is 19.3 Å². The lowest BCUT2D eigenvalue weighted by Gasteiger charge is -2.56. The van der Waals surface area contributed by atoms with Crippen molar-refractivity contribution in [1.29, 1.82) is 0 Å². The molecule has 4 bridgehead atoms. The molecule has 0 aromatic rings. The highest BCUT2D eigenvalue weighted by Gasteiger charge is 2.55. The molecule has 132 valence electrons. The number of ketones is 1. The van der Waals surface area contributed by atoms with Gasteiger partial charge in [-0.3, -0.25) is 14.4 Å². The van der Waals surface area contributed by atoms with Crippen LogP contribution in [0.2, 0.25) is 0 Å². The average Bonchev–Trinajstić information content (AvgIpc) is 2.50. The van der Waals surface area contributed by atoms with Crippen molar-refractivity contribution in [3.05, 3.63) is 0 Å². The molecule has 0 aromatic heterocycles. The molecule has 5 saturated carbocycles. The first-order valence-electron chi connectivity index (χ1n) is 9.57. The van der Waals surface area contributed by atoms with E-state index in [4.69, 9.17) is 5.73 Å². The summed E-state index contributed by atoms with van der Waals surface area (Å²) in [6.45, 7) is 0. The van der Waals surface area contributed by atoms with Crippen LogP contribution in [0.4, 0.5) is 0 Å². The molecule has 5 fully saturated rings. The van der Waals surface area contributed by atoms with Gasteiger partial charge in [0, 0.05) is 18.3 Å². The van der Waals surface area contributed by atoms with Crippen LogP contribution < -0.4 is 11.1 Å². The summed E-state index contributed by atoms with van der Waals surface area (Å²) in [5.41, 5.74) is 5.31. The van der Waals surface area contributed by atoms with Crippen molar-refractivity contribution in [2.45, 2.75) is 70.3 Å². The van der Waals surface area contributed by atoms with Crippen molar-refractivity contribution in [3.63, 3.8) is 0 Å². The van der Waals surface area contributed by atoms with Gasteiger partial charge in [-0.05, 0) is 75.0 Å². The smallest absolute Gasteiger partial charge is 0.240 e. The molecule has 24 heavy (non-hydrogen) atoms. The molecule has 0 radical (unpaired) electrons. The van der Waals surface area contributed by atoms with Gasteiger partial charge in [0.15, 0.2) is 0 Å². The van der Waals surface area contributed by atoms with E-state index in [0.717, 1.165) is 32.1 Å². The molecule has 0 unspecified atom stereocenters. The number of Topliss-reactive ketones (excluding diaryl/α,β-unsaturated/α-hetero) is 1. The van der Waals surface area contributed by atoms with Gasteiger partial charge in [-0.1, -0.05) is 0 Å². The standard InChI is InChI=1S/C19H28N2O3/c20-17(23)16(14-2-1-3-15(22)7-14)21-18(24)19-8-11-4-12(9-19)6-13(5-11)10-19/h11-14,16H,1-10H2,(H2,20,23)(H,21,24)/t11?,12?,13?,14-,16-,19?/m1/s1. The third-order valence-electron chi connectivity index (χ3n) is 7.10. The first-order valence-corrected chi connectivity index (χ1v) is 9.57. The van der Waals surface area contributed by atoms with Crippen LogP contribution in [0.5, 0.6) is 0 Å². The lowest BCUT2D eigenvalue weighted by atomic mass is 9.49. The van der Waals surface area contributed by atoms with Crippen LogP contribution in [-0.4, -0.2) is 23.6 Å². The van der Waals surface area contributed by atoms with E-state index >= 15 is 0 Å². The predicted molar refractivity (Wildman–Crippen MR) is 88.7 cm³/mol. The summed E-state index contributed by atoms with van der Waals surface area (Å²) in [5.74, 6) is 1.65. The Kier molecular flexibility index (Phi) is 3.92. The first-order chi connectivity index (χ1) is 11.4. The highest BCUT2D eigenvalue weighted by Crippen LogP contribution is 2.60. The third-order valence-corrected chi connectivity index (χ3v) is 7.10. The largest absolute Gasteiger partial charge is 0.368 e. The Balaban J connectivity index is 1.49. The van der Waals surface area contributed by atoms with Crippen LogP contribution in [0.25, 0.3) is 0 Å². The summed E-state index contributed by atoms with van der Waals surface area (Å²) >= 11 is 0. The fourth-order valence-electron chi connectivity index (χ4n) is 6.45. The van der Waals surface area contributed by atoms with Crippen molar-refractivity contribution in [1.82, 2.24) is 5.32 Å². The second kappa shape index (κ2) is 5.85. The first kappa shape index (κ1) is 16.1. The average molecular weight is 332 g/mol. The zero-order chi connectivity index (χ0) is 16.9. The topological polar surface area (TPSA) is 89.3 Å². The molecule has 0 aliphatic heterocycles. The van der Waals surface area contributed by atoms with Crippen molar-refractivity contribution >= 4 is 17.6 Å². The van der Waals surface area contributed by atoms with Gasteiger partial charge in [-0.15, -0.1) is 0 Å². The molecule has 5 rings (SSSR count). The normalized spacial score (nSPS) is 41.9. The molecule has 3 N–H and O–H groups in total. The van der Waals surface area contributed by atoms with E-state index in [1.807, 2.05) is 0 Å². The minimum absolute atomic E-state index is 0.0309. The summed E-state index contributed by atoms with van der Waals surface area (Å²) in [4.78, 5) is 36.8. The van der Waals surface area contributed by atoms with Gasteiger partial charge in [0.25, 0.3) is 0 Å². The summed E-state index contributed by atoms with van der Waals surface area (Å²) in [7, 11) is 0. The van der Waals surface area contributed by atoms with E-state index in [9.17, 15) is 14.4 Å². The maximum Gasteiger partial charge on any atom is 0.240 e. The molecular formula is C19H28N2O3. The summed E-state index contributed by atoms with van der Waals surface area (Å²) in [6, 6.07) is -0.685. The molecule has 0 spiro atoms. The van der Waals surface area contributed by atoms with E-state index < -0.39 is 11.9 Å². The summed E-state index contributed by atoms with van der Waals surface area (Å²) in [6.07, 6.45) is 9.30. The monoisotopic (exact) mass is 332 g/mol. The number of carbonyl (C=O) groups excluding carboxylic acids is 3. The van der Waals surface area contributed by atoms with Crippen molar-refractivity contribution in [3.8, 4) is 0 Å². The van der Waals surface area contributed by atoms with E-state index in [2.05, 4.69) is 5.32 Å². The number of primary amides is 1. The molecule has 5 aliphatic rings. The maximum atomic E-state index is 13.1. The van der Waals surface area contributed by atoms with Crippen molar-refractivity contribution in [2.24, 2.45) is 34.8 Å². The van der Waals surface area contributed by atoms with E-state index in [1.54, 1.807) is 0 Å². The SMILES string of the molecule is NC(=O)[C@H](NC(=O)C12CC3CC(CC(C3)C1)C2)[C@@H]1CCCC(=O)C1. The molecule has 5 aliphatic carbocycles. The zero-order valence-corrected chi connectivity index (χ0v) is 14.3. The van der Waals surface area contributed by atoms with Crippen LogP contribution in [-0.2, 0) is 14.4 Å². The Bertz CT molecular complexity index is 536. The number of nitrogens with two attached hydrogens (primary N) is 1. The van der Waals surface area contributed by atoms with Gasteiger partial charge in [0.2, 0.25) is 11.8 Å². The summed E-state index contributed by atoms with van der Waals surface area (Å²) in [5, 5.41) is 3.00. The Morgan fingerprint density at radius 3 is 2.17 bits per heavy atom. The molecule has 5 heteroatoms. The van der Waals surface area contributed by atoms with Gasteiger partial charge >= 0.3 is 0 Å². The van der Waals surface area contributed by atoms with Gasteiger partial charge in [-0.25, -0.2) is 0 Å². The highest BCUT2D eigenvalue weighted by molar-refractivity contribution is 5.90. The van der Waals surface area contributed by atoms with Gasteiger partial charge in [-0.2, -0.15) is 0 Å². The third kappa shape index (κ3) is 2.76. The Morgan fingerprint density at radius 1 is 1.08 bits per heavy atom. The number of hydrogen-bond acceptors (Lipinski definition) is 3. The Labute approximate surface area is 143 Å². The Morgan fingerprint density at radius 2 is 1.67 bits per heavy atom. The second-order valence-electron chi connectivity index (χ2n) is 8.95. The minimum atomic E-state index is -0.685. The van der Waals surface area contributed by atoms with E-state index in [-0.39, 0.29) is 23.0 Å². The minimum Gasteiger partial charge on any atom is -0.368 e. The van der Waals surface area contributed by atoms with Crippen LogP contribution in [0, 0.1) is 29.1 Å². The number of hydrogen-bond donors (Lipinski definition) is 2. The Hall–Kier alpha value is -1.39. The zero-order valence-electron chi connectivity index (χ0n) is 14.3. The van der Waals surface area contributed by atoms with Gasteiger partial charge in [0.05, 0.1) is 0 Å². The van der Waals surface area contributed by atoms with E-state index in [0.29, 0.717) is 30.6 Å². The van der Waals surface area contributed by atoms with Crippen LogP contribution in [0.3, 0.4) is 0 Å². The predicted octanol–water partition coefficient (Wildman–Crippen LogP) is 1.93. The lowest BCUT2D eigenvalue weighted by molar-refractivity contribution is -0.149. The maximum absolute atomic E-state index is 13.1. The van der Waals surface area contributed by atoms with Crippen LogP contribution in [0.15, 0.2) is 0 Å². The second-order valence-corrected chi connectivity index (χ2v) is 8.95. The molecule has 0 aromatic carbocycles. The molecule has 2 atom stereocenters. The fourth-order valence-corrected chi connectivity index (χ4v) is 6.45. The molecule has 0 heterocycles. The molecule has 5 nitrogen and oxygen atoms in total. The number of amides is 2. The van der Waals surface area contributed by atoms with Crippen LogP contribution >= 0.6 is 0 Å². The van der Waals surface area contributed by atoms with Crippen LogP contribution in [0.1, 0.15) is 64.2 Å². The quantitative estimate of drug-likeness (QED) is 0.824.